The van der Waals surface area contributed by atoms with E-state index in [1.54, 1.807) is 0 Å². The van der Waals surface area contributed by atoms with Gasteiger partial charge in [0.05, 0.1) is 5.71 Å². The minimum atomic E-state index is 0.141. The molecule has 0 aliphatic heterocycles. The van der Waals surface area contributed by atoms with Gasteiger partial charge >= 0.3 is 0 Å². The molecule has 0 saturated carbocycles. The zero-order chi connectivity index (χ0) is 16.8. The van der Waals surface area contributed by atoms with Crippen molar-refractivity contribution in [1.82, 2.24) is 5.43 Å². The Balaban J connectivity index is 1.98. The Morgan fingerprint density at radius 2 is 1.62 bits per heavy atom. The maximum Gasteiger partial charge on any atom is 0.184 e. The number of rotatable bonds is 4. The lowest BCUT2D eigenvalue weighted by atomic mass is 10.0. The van der Waals surface area contributed by atoms with E-state index in [0.29, 0.717) is 0 Å². The van der Waals surface area contributed by atoms with Crippen molar-refractivity contribution in [2.24, 2.45) is 10.8 Å². The fraction of sp³-hybridized carbons (Fsp3) is 0. The van der Waals surface area contributed by atoms with E-state index in [2.05, 4.69) is 46.9 Å². The van der Waals surface area contributed by atoms with E-state index in [4.69, 9.17) is 18.0 Å². The van der Waals surface area contributed by atoms with Crippen molar-refractivity contribution in [3.63, 3.8) is 0 Å². The molecule has 0 aliphatic carbocycles. The Morgan fingerprint density at radius 3 is 2.42 bits per heavy atom. The summed E-state index contributed by atoms with van der Waals surface area (Å²) in [6, 6.07) is 24.4. The van der Waals surface area contributed by atoms with Crippen LogP contribution in [0.3, 0.4) is 0 Å². The molecule has 0 bridgehead atoms. The van der Waals surface area contributed by atoms with Crippen LogP contribution in [0.5, 0.6) is 0 Å². The largest absolute Gasteiger partial charge is 0.375 e. The highest BCUT2D eigenvalue weighted by molar-refractivity contribution is 7.80. The zero-order valence-electron chi connectivity index (χ0n) is 13.0. The molecule has 0 amide bonds. The molecule has 0 aliphatic rings. The van der Waals surface area contributed by atoms with Crippen LogP contribution < -0.4 is 11.2 Å². The van der Waals surface area contributed by atoms with Gasteiger partial charge in [-0.1, -0.05) is 78.9 Å². The lowest BCUT2D eigenvalue weighted by Crippen LogP contribution is -2.25. The van der Waals surface area contributed by atoms with E-state index in [1.807, 2.05) is 48.5 Å². The molecule has 3 rings (SSSR count). The summed E-state index contributed by atoms with van der Waals surface area (Å²) in [5, 5.41) is 6.85. The Hall–Kier alpha value is -2.98. The molecule has 0 saturated heterocycles. The van der Waals surface area contributed by atoms with E-state index >= 15 is 0 Å². The van der Waals surface area contributed by atoms with Crippen molar-refractivity contribution in [2.45, 2.75) is 0 Å². The number of thiocarbonyl (C=S) groups is 1. The van der Waals surface area contributed by atoms with Gasteiger partial charge in [0.1, 0.15) is 0 Å². The van der Waals surface area contributed by atoms with Crippen molar-refractivity contribution in [3.05, 3.63) is 90.0 Å². The van der Waals surface area contributed by atoms with Crippen LogP contribution in [0.2, 0.25) is 0 Å². The van der Waals surface area contributed by atoms with Gasteiger partial charge in [-0.05, 0) is 34.6 Å². The molecule has 3 aromatic rings. The third-order valence-electron chi connectivity index (χ3n) is 3.60. The highest BCUT2D eigenvalue weighted by atomic mass is 32.1. The summed E-state index contributed by atoms with van der Waals surface area (Å²) in [7, 11) is 0. The number of hydrazone groups is 1. The van der Waals surface area contributed by atoms with Crippen LogP contribution in [0.15, 0.2) is 84.0 Å². The summed E-state index contributed by atoms with van der Waals surface area (Å²) in [6.07, 6.45) is 4.01. The van der Waals surface area contributed by atoms with Gasteiger partial charge in [-0.3, -0.25) is 5.43 Å². The molecule has 3 aromatic carbocycles. The second-order valence-electron chi connectivity index (χ2n) is 5.24. The summed E-state index contributed by atoms with van der Waals surface area (Å²) < 4.78 is 0. The number of fused-ring (bicyclic) bond motifs is 1. The van der Waals surface area contributed by atoms with E-state index in [9.17, 15) is 0 Å². The normalized spacial score (nSPS) is 11.8. The van der Waals surface area contributed by atoms with E-state index in [0.717, 1.165) is 16.8 Å². The van der Waals surface area contributed by atoms with Gasteiger partial charge in [0.2, 0.25) is 0 Å². The highest BCUT2D eigenvalue weighted by Gasteiger charge is 2.01. The molecule has 0 fully saturated rings. The van der Waals surface area contributed by atoms with Crippen LogP contribution >= 0.6 is 12.2 Å². The van der Waals surface area contributed by atoms with E-state index in [-0.39, 0.29) is 5.11 Å². The minimum absolute atomic E-state index is 0.141. The number of nitrogens with one attached hydrogen (secondary N) is 1. The van der Waals surface area contributed by atoms with Crippen LogP contribution in [0, 0.1) is 0 Å². The lowest BCUT2D eigenvalue weighted by Gasteiger charge is -2.04. The molecule has 24 heavy (non-hydrogen) atoms. The summed E-state index contributed by atoms with van der Waals surface area (Å²) >= 11 is 4.84. The van der Waals surface area contributed by atoms with Gasteiger partial charge in [-0.15, -0.1) is 0 Å². The van der Waals surface area contributed by atoms with Crippen LogP contribution in [0.25, 0.3) is 16.8 Å². The van der Waals surface area contributed by atoms with Crippen LogP contribution in [-0.2, 0) is 0 Å². The fourth-order valence-electron chi connectivity index (χ4n) is 2.49. The first-order chi connectivity index (χ1) is 11.7. The predicted octanol–water partition coefficient (Wildman–Crippen LogP) is 4.09. The maximum absolute atomic E-state index is 5.49. The Bertz CT molecular complexity index is 909. The third-order valence-corrected chi connectivity index (χ3v) is 3.69. The molecule has 0 atom stereocenters. The zero-order valence-corrected chi connectivity index (χ0v) is 13.8. The number of hydrogen-bond acceptors (Lipinski definition) is 2. The molecule has 0 heterocycles. The van der Waals surface area contributed by atoms with Crippen LogP contribution in [0.1, 0.15) is 11.1 Å². The topological polar surface area (TPSA) is 50.4 Å². The number of hydrogen-bond donors (Lipinski definition) is 2. The Kier molecular flexibility index (Phi) is 4.99. The Morgan fingerprint density at radius 1 is 0.917 bits per heavy atom. The smallest absolute Gasteiger partial charge is 0.184 e. The molecule has 3 N–H and O–H groups in total. The summed E-state index contributed by atoms with van der Waals surface area (Å²) in [6.45, 7) is 0. The molecule has 3 nitrogen and oxygen atoms in total. The average molecular weight is 331 g/mol. The first kappa shape index (κ1) is 15.9. The van der Waals surface area contributed by atoms with Crippen LogP contribution in [-0.4, -0.2) is 10.8 Å². The van der Waals surface area contributed by atoms with Gasteiger partial charge < -0.3 is 5.73 Å². The number of nitrogens with two attached hydrogens (primary N) is 1. The van der Waals surface area contributed by atoms with Gasteiger partial charge in [-0.2, -0.15) is 5.10 Å². The molecule has 118 valence electrons. The van der Waals surface area contributed by atoms with Gasteiger partial charge in [0, 0.05) is 5.56 Å². The second kappa shape index (κ2) is 7.53. The molecule has 4 heteroatoms. The molecule has 0 unspecified atom stereocenters. The molecule has 0 radical (unpaired) electrons. The van der Waals surface area contributed by atoms with Crippen molar-refractivity contribution in [1.29, 1.82) is 0 Å². The molecular formula is C20H17N3S. The summed E-state index contributed by atoms with van der Waals surface area (Å²) in [5.41, 5.74) is 11.0. The Labute approximate surface area is 146 Å². The summed E-state index contributed by atoms with van der Waals surface area (Å²) in [5.74, 6) is 0. The van der Waals surface area contributed by atoms with Crippen molar-refractivity contribution in [2.75, 3.05) is 0 Å². The number of benzene rings is 3. The standard InChI is InChI=1S/C20H17N3S/c21-20(24)23-22-19(17-8-2-1-3-9-17)14-13-16-11-6-10-15-7-4-5-12-18(15)16/h1-14H,(H3,21,23,24)/b14-13+,22-19-. The molecule has 0 spiro atoms. The summed E-state index contributed by atoms with van der Waals surface area (Å²) in [4.78, 5) is 0. The average Bonchev–Trinajstić information content (AvgIpc) is 2.62. The number of nitrogens with zero attached hydrogens (tertiary/aromatic N) is 1. The third kappa shape index (κ3) is 3.86. The minimum Gasteiger partial charge on any atom is -0.375 e. The molecular weight excluding hydrogens is 314 g/mol. The van der Waals surface area contributed by atoms with Gasteiger partial charge in [-0.25, -0.2) is 0 Å². The first-order valence-corrected chi connectivity index (χ1v) is 7.99. The SMILES string of the molecule is NC(=S)N/N=C(/C=C/c1cccc2ccccc12)c1ccccc1. The van der Waals surface area contributed by atoms with Crippen LogP contribution in [0.4, 0.5) is 0 Å². The quantitative estimate of drug-likeness (QED) is 0.430. The van der Waals surface area contributed by atoms with Crippen molar-refractivity contribution >= 4 is 39.9 Å². The maximum atomic E-state index is 5.49. The monoisotopic (exact) mass is 331 g/mol. The van der Waals surface area contributed by atoms with Crippen molar-refractivity contribution < 1.29 is 0 Å². The highest BCUT2D eigenvalue weighted by Crippen LogP contribution is 2.20. The number of allylic oxidation sites excluding steroid dienone is 1. The second-order valence-corrected chi connectivity index (χ2v) is 5.68. The first-order valence-electron chi connectivity index (χ1n) is 7.58. The lowest BCUT2D eigenvalue weighted by molar-refractivity contribution is 1.03. The fourth-order valence-corrected chi connectivity index (χ4v) is 2.53. The van der Waals surface area contributed by atoms with Crippen molar-refractivity contribution in [3.8, 4) is 0 Å². The van der Waals surface area contributed by atoms with E-state index < -0.39 is 0 Å². The van der Waals surface area contributed by atoms with Gasteiger partial charge in [0.15, 0.2) is 5.11 Å². The molecule has 0 aromatic heterocycles. The van der Waals surface area contributed by atoms with Gasteiger partial charge in [0.25, 0.3) is 0 Å². The predicted molar refractivity (Wildman–Crippen MR) is 106 cm³/mol. The van der Waals surface area contributed by atoms with E-state index in [1.165, 1.54) is 10.8 Å².